The van der Waals surface area contributed by atoms with Gasteiger partial charge in [0.05, 0.1) is 0 Å². The molecule has 0 fully saturated rings. The Balaban J connectivity index is 2.30. The molecule has 0 saturated carbocycles. The van der Waals surface area contributed by atoms with E-state index in [9.17, 15) is 0 Å². The van der Waals surface area contributed by atoms with Crippen molar-refractivity contribution >= 4 is 33.6 Å². The van der Waals surface area contributed by atoms with Gasteiger partial charge in [0.2, 0.25) is 0 Å². The first-order valence-electron chi connectivity index (χ1n) is 0.707. The standard InChI is InChI=1S/BO2.Tl/c2-1-3;/q-1;+1. The first-order valence-corrected chi connectivity index (χ1v) is 2.54. The summed E-state index contributed by atoms with van der Waals surface area (Å²) in [6, 6.07) is 0. The fraction of sp³-hybridized carbons (Fsp3) is 0. The zero-order chi connectivity index (χ0) is 3.41. The van der Waals surface area contributed by atoms with Crippen molar-refractivity contribution in [2.24, 2.45) is 0 Å². The molecule has 0 amide bonds. The molecule has 18 valence electrons. The van der Waals surface area contributed by atoms with E-state index in [1.807, 2.05) is 0 Å². The van der Waals surface area contributed by atoms with Crippen molar-refractivity contribution in [1.29, 1.82) is 0 Å². The van der Waals surface area contributed by atoms with Gasteiger partial charge in [0.1, 0.15) is 0 Å². The van der Waals surface area contributed by atoms with E-state index in [0.717, 1.165) is 0 Å². The molecule has 4 heavy (non-hydrogen) atoms. The Labute approximate surface area is 41.2 Å². The van der Waals surface area contributed by atoms with Crippen molar-refractivity contribution in [3.05, 3.63) is 0 Å². The summed E-state index contributed by atoms with van der Waals surface area (Å²) in [5, 5.41) is 0. The third kappa shape index (κ3) is 2.59. The molecular weight excluding hydrogens is 247 g/mol. The van der Waals surface area contributed by atoms with Crippen molar-refractivity contribution < 1.29 is 7.31 Å². The Kier molecular flexibility index (Phi) is 4.11. The van der Waals surface area contributed by atoms with Gasteiger partial charge >= 0.3 is 40.9 Å². The molecule has 0 aromatic carbocycles. The second-order valence-electron chi connectivity index (χ2n) is 0.232. The molecule has 4 heteroatoms. The van der Waals surface area contributed by atoms with Crippen LogP contribution in [0.15, 0.2) is 0 Å². The average Bonchev–Trinajstić information content (AvgIpc) is 1.37. The second-order valence-corrected chi connectivity index (χ2v) is 1.29. The van der Waals surface area contributed by atoms with Crippen LogP contribution < -0.4 is 0 Å². The SMILES string of the molecule is O=B[O][Tl]. The van der Waals surface area contributed by atoms with Crippen LogP contribution in [0.2, 0.25) is 0 Å². The molecule has 0 N–H and O–H groups in total. The van der Waals surface area contributed by atoms with Crippen LogP contribution in [0.5, 0.6) is 0 Å². The summed E-state index contributed by atoms with van der Waals surface area (Å²) in [4.78, 5) is 0. The van der Waals surface area contributed by atoms with Gasteiger partial charge in [-0.1, -0.05) is 0 Å². The molecule has 0 aliphatic carbocycles. The molecular formula is BO2Tl. The molecule has 0 aliphatic rings. The van der Waals surface area contributed by atoms with Crippen molar-refractivity contribution in [2.75, 3.05) is 0 Å². The van der Waals surface area contributed by atoms with Crippen molar-refractivity contribution in [3.8, 4) is 0 Å². The molecule has 0 saturated heterocycles. The predicted molar refractivity (Wildman–Crippen MR) is 13.3 cm³/mol. The molecule has 0 rings (SSSR count). The first kappa shape index (κ1) is 4.59. The molecule has 0 atom stereocenters. The Morgan fingerprint density at radius 1 is 2.00 bits per heavy atom. The monoisotopic (exact) mass is 248 g/mol. The topological polar surface area (TPSA) is 26.3 Å². The third-order valence-corrected chi connectivity index (χ3v) is 0.487. The number of hydrogen-bond donors (Lipinski definition) is 0. The number of hydrogen-bond acceptors (Lipinski definition) is 2. The molecule has 0 aromatic rings. The van der Waals surface area contributed by atoms with E-state index in [0.29, 0.717) is 33.6 Å². The van der Waals surface area contributed by atoms with Gasteiger partial charge in [-0.15, -0.1) is 0 Å². The van der Waals surface area contributed by atoms with Crippen molar-refractivity contribution in [2.45, 2.75) is 0 Å². The minimum absolute atomic E-state index is 0.363. The molecule has 2 nitrogen and oxygen atoms in total. The third-order valence-electron chi connectivity index (χ3n) is 0.0556. The maximum absolute atomic E-state index is 8.99. The number of rotatable bonds is 1. The van der Waals surface area contributed by atoms with Crippen molar-refractivity contribution in [3.63, 3.8) is 0 Å². The molecule has 0 aromatic heterocycles. The quantitative estimate of drug-likeness (QED) is 0.559. The zero-order valence-corrected chi connectivity index (χ0v) is 6.46. The van der Waals surface area contributed by atoms with Gasteiger partial charge in [0.15, 0.2) is 0 Å². The van der Waals surface area contributed by atoms with E-state index in [2.05, 4.69) is 2.60 Å². The average molecular weight is 247 g/mol. The normalized spacial score (nSPS) is 3.75. The van der Waals surface area contributed by atoms with E-state index in [1.165, 1.54) is 0 Å². The fourth-order valence-electron chi connectivity index (χ4n) is 0. The van der Waals surface area contributed by atoms with Crippen LogP contribution in [0.4, 0.5) is 0 Å². The Morgan fingerprint density at radius 3 is 2.25 bits per heavy atom. The summed E-state index contributed by atoms with van der Waals surface area (Å²) in [7, 11) is 0.449. The van der Waals surface area contributed by atoms with Gasteiger partial charge in [-0.3, -0.25) is 0 Å². The summed E-state index contributed by atoms with van der Waals surface area (Å²) in [5.74, 6) is 0. The maximum atomic E-state index is 8.99. The van der Waals surface area contributed by atoms with Crippen LogP contribution in [0, 0.1) is 0 Å². The summed E-state index contributed by atoms with van der Waals surface area (Å²) < 4.78 is 13.0. The van der Waals surface area contributed by atoms with Crippen LogP contribution in [-0.4, -0.2) is 33.6 Å². The zero-order valence-electron chi connectivity index (χ0n) is 1.97. The molecule has 0 aliphatic heterocycles. The van der Waals surface area contributed by atoms with Gasteiger partial charge in [-0.05, 0) is 0 Å². The van der Waals surface area contributed by atoms with E-state index in [4.69, 9.17) is 4.70 Å². The molecule has 0 bridgehead atoms. The Bertz CT molecular complexity index is 20.0. The minimum atomic E-state index is 0.363. The molecule has 0 spiro atoms. The van der Waals surface area contributed by atoms with Gasteiger partial charge in [0.25, 0.3) is 0 Å². The summed E-state index contributed by atoms with van der Waals surface area (Å²) in [6.45, 7) is 0. The Hall–Kier alpha value is 0.587. The summed E-state index contributed by atoms with van der Waals surface area (Å²) >= 11 is 0.363. The van der Waals surface area contributed by atoms with Gasteiger partial charge in [0, 0.05) is 0 Å². The van der Waals surface area contributed by atoms with E-state index in [1.54, 1.807) is 0 Å². The Morgan fingerprint density at radius 2 is 2.25 bits per heavy atom. The molecule has 0 unspecified atom stereocenters. The first-order chi connectivity index (χ1) is 1.91. The van der Waals surface area contributed by atoms with Crippen molar-refractivity contribution in [1.82, 2.24) is 0 Å². The van der Waals surface area contributed by atoms with Crippen LogP contribution in [-0.2, 0) is 7.31 Å². The summed E-state index contributed by atoms with van der Waals surface area (Å²) in [6.07, 6.45) is 0. The summed E-state index contributed by atoms with van der Waals surface area (Å²) in [5.41, 5.74) is 0. The molecule has 0 radical (unpaired) electrons. The van der Waals surface area contributed by atoms with Crippen LogP contribution in [0.1, 0.15) is 0 Å². The van der Waals surface area contributed by atoms with Gasteiger partial charge < -0.3 is 0 Å². The predicted octanol–water partition coefficient (Wildman–Crippen LogP) is -0.949. The van der Waals surface area contributed by atoms with Crippen LogP contribution in [0.25, 0.3) is 0 Å². The van der Waals surface area contributed by atoms with Gasteiger partial charge in [-0.2, -0.15) is 0 Å². The van der Waals surface area contributed by atoms with E-state index < -0.39 is 0 Å². The fourth-order valence-corrected chi connectivity index (χ4v) is 0. The second kappa shape index (κ2) is 3.59. The van der Waals surface area contributed by atoms with E-state index in [-0.39, 0.29) is 0 Å². The van der Waals surface area contributed by atoms with Crippen LogP contribution >= 0.6 is 0 Å². The van der Waals surface area contributed by atoms with Crippen LogP contribution in [0.3, 0.4) is 0 Å². The van der Waals surface area contributed by atoms with E-state index >= 15 is 0 Å². The van der Waals surface area contributed by atoms with Gasteiger partial charge in [-0.25, -0.2) is 0 Å². The molecule has 0 heterocycles.